The van der Waals surface area contributed by atoms with Gasteiger partial charge in [0.2, 0.25) is 0 Å². The minimum absolute atomic E-state index is 0.125. The smallest absolute Gasteiger partial charge is 0.253 e. The van der Waals surface area contributed by atoms with Crippen molar-refractivity contribution >= 4 is 5.78 Å². The summed E-state index contributed by atoms with van der Waals surface area (Å²) in [6, 6.07) is 16.0. The molecule has 0 aliphatic rings. The predicted molar refractivity (Wildman–Crippen MR) is 96.2 cm³/mol. The van der Waals surface area contributed by atoms with Crippen LogP contribution in [0.5, 0.6) is 5.75 Å². The highest BCUT2D eigenvalue weighted by molar-refractivity contribution is 5.85. The first-order valence-corrected chi connectivity index (χ1v) is 8.05. The van der Waals surface area contributed by atoms with E-state index in [4.69, 9.17) is 5.11 Å². The predicted octanol–water partition coefficient (Wildman–Crippen LogP) is 4.61. The zero-order valence-electron chi connectivity index (χ0n) is 14.7. The molecule has 0 unspecified atom stereocenters. The summed E-state index contributed by atoms with van der Waals surface area (Å²) < 4.78 is 0. The first-order chi connectivity index (χ1) is 10.6. The number of rotatable bonds is 4. The number of benzene rings is 2. The zero-order valence-corrected chi connectivity index (χ0v) is 14.7. The van der Waals surface area contributed by atoms with Crippen LogP contribution in [-0.2, 0) is 16.6 Å². The summed E-state index contributed by atoms with van der Waals surface area (Å²) in [5.74, 6) is 0.788. The number of hydrogen-bond acceptors (Lipinski definition) is 1. The Hall–Kier alpha value is -2.09. The van der Waals surface area contributed by atoms with Gasteiger partial charge in [-0.2, -0.15) is 0 Å². The fourth-order valence-corrected chi connectivity index (χ4v) is 2.54. The summed E-state index contributed by atoms with van der Waals surface area (Å²) in [5.41, 5.74) is 3.04. The largest absolute Gasteiger partial charge is 0.593 e. The molecule has 0 bridgehead atoms. The van der Waals surface area contributed by atoms with Gasteiger partial charge in [-0.05, 0) is 28.8 Å². The molecule has 122 valence electrons. The van der Waals surface area contributed by atoms with E-state index in [1.807, 2.05) is 45.0 Å². The maximum Gasteiger partial charge on any atom is 0.253 e. The van der Waals surface area contributed by atoms with Crippen LogP contribution in [-0.4, -0.2) is 10.9 Å². The van der Waals surface area contributed by atoms with Crippen LogP contribution in [0.15, 0.2) is 48.5 Å². The van der Waals surface area contributed by atoms with E-state index >= 15 is 0 Å². The Morgan fingerprint density at radius 2 is 1.26 bits per heavy atom. The van der Waals surface area contributed by atoms with Crippen molar-refractivity contribution in [3.63, 3.8) is 0 Å². The van der Waals surface area contributed by atoms with E-state index in [0.29, 0.717) is 12.2 Å². The summed E-state index contributed by atoms with van der Waals surface area (Å²) in [4.78, 5) is 12.2. The summed E-state index contributed by atoms with van der Waals surface area (Å²) in [5, 5.41) is 7.61. The number of Topliss-reactive ketones (excluding diaryl/α,β-unsaturated/α-hetero) is 1. The molecule has 0 saturated heterocycles. The standard InChI is InChI=1S/C21H26O2/c1-20(2,3)19(23)14-15-6-8-16(9-7-15)21(4,5)17-10-12-18(22)13-11-17/h6-13,22H,14H2,1-5H3/p+1. The second-order valence-electron chi connectivity index (χ2n) is 7.75. The molecular formula is C21H27O2+. The van der Waals surface area contributed by atoms with Gasteiger partial charge in [-0.1, -0.05) is 58.9 Å². The SMILES string of the molecule is CC(C)(C)C(=O)Cc1ccc(C(C)(C)c2ccc([OH2+])cc2)cc1. The molecule has 2 aromatic rings. The van der Waals surface area contributed by atoms with Crippen LogP contribution in [0, 0.1) is 5.41 Å². The minimum Gasteiger partial charge on any atom is -0.593 e. The number of hydrogen-bond donors (Lipinski definition) is 0. The molecule has 0 amide bonds. The van der Waals surface area contributed by atoms with E-state index in [2.05, 4.69) is 38.1 Å². The molecule has 0 radical (unpaired) electrons. The fraction of sp³-hybridized carbons (Fsp3) is 0.381. The molecule has 23 heavy (non-hydrogen) atoms. The lowest BCUT2D eigenvalue weighted by atomic mass is 9.77. The van der Waals surface area contributed by atoms with Crippen molar-refractivity contribution in [2.45, 2.75) is 46.5 Å². The maximum absolute atomic E-state index is 12.2. The summed E-state index contributed by atoms with van der Waals surface area (Å²) in [6.45, 7) is 10.2. The molecule has 0 heterocycles. The molecule has 2 heteroatoms. The van der Waals surface area contributed by atoms with Crippen molar-refractivity contribution in [1.82, 2.24) is 0 Å². The van der Waals surface area contributed by atoms with Gasteiger partial charge in [-0.15, -0.1) is 0 Å². The second-order valence-corrected chi connectivity index (χ2v) is 7.75. The Morgan fingerprint density at radius 1 is 0.826 bits per heavy atom. The number of carbonyl (C=O) groups is 1. The highest BCUT2D eigenvalue weighted by Gasteiger charge is 2.24. The third-order valence-electron chi connectivity index (χ3n) is 4.48. The minimum atomic E-state index is -0.296. The molecule has 2 aromatic carbocycles. The summed E-state index contributed by atoms with van der Waals surface area (Å²) in [6.07, 6.45) is 0.484. The molecule has 2 N–H and O–H groups in total. The monoisotopic (exact) mass is 311 g/mol. The van der Waals surface area contributed by atoms with E-state index in [1.165, 1.54) is 11.1 Å². The Morgan fingerprint density at radius 3 is 1.70 bits per heavy atom. The van der Waals surface area contributed by atoms with Gasteiger partial charge in [0.15, 0.2) is 0 Å². The van der Waals surface area contributed by atoms with Crippen LogP contribution in [0.2, 0.25) is 0 Å². The average Bonchev–Trinajstić information content (AvgIpc) is 2.47. The van der Waals surface area contributed by atoms with Gasteiger partial charge in [0.25, 0.3) is 5.75 Å². The van der Waals surface area contributed by atoms with Crippen LogP contribution >= 0.6 is 0 Å². The van der Waals surface area contributed by atoms with Gasteiger partial charge < -0.3 is 5.11 Å². The second kappa shape index (κ2) is 6.19. The van der Waals surface area contributed by atoms with Gasteiger partial charge in [0.1, 0.15) is 5.78 Å². The summed E-state index contributed by atoms with van der Waals surface area (Å²) in [7, 11) is 0. The first-order valence-electron chi connectivity index (χ1n) is 8.05. The van der Waals surface area contributed by atoms with Crippen LogP contribution in [0.1, 0.15) is 51.3 Å². The Labute approximate surface area is 139 Å². The lowest BCUT2D eigenvalue weighted by Gasteiger charge is -2.26. The Balaban J connectivity index is 2.21. The fourth-order valence-electron chi connectivity index (χ4n) is 2.54. The van der Waals surface area contributed by atoms with Crippen molar-refractivity contribution in [2.24, 2.45) is 5.41 Å². The molecule has 0 aliphatic heterocycles. The third kappa shape index (κ3) is 4.01. The van der Waals surface area contributed by atoms with Crippen LogP contribution < -0.4 is 0 Å². The molecular weight excluding hydrogens is 284 g/mol. The quantitative estimate of drug-likeness (QED) is 0.760. The van der Waals surface area contributed by atoms with E-state index in [1.54, 1.807) is 0 Å². The van der Waals surface area contributed by atoms with E-state index in [0.717, 1.165) is 5.56 Å². The molecule has 0 saturated carbocycles. The van der Waals surface area contributed by atoms with Crippen molar-refractivity contribution in [1.29, 1.82) is 0 Å². The highest BCUT2D eigenvalue weighted by atomic mass is 16.3. The first kappa shape index (κ1) is 17.3. The number of carbonyl (C=O) groups excluding carboxylic acids is 1. The lowest BCUT2D eigenvalue weighted by molar-refractivity contribution is -0.125. The van der Waals surface area contributed by atoms with Crippen LogP contribution in [0.25, 0.3) is 0 Å². The number of ketones is 1. The van der Waals surface area contributed by atoms with Crippen LogP contribution in [0.3, 0.4) is 0 Å². The Bertz CT molecular complexity index is 671. The van der Waals surface area contributed by atoms with E-state index in [-0.39, 0.29) is 16.6 Å². The normalized spacial score (nSPS) is 12.2. The van der Waals surface area contributed by atoms with Gasteiger partial charge in [0.05, 0.1) is 0 Å². The van der Waals surface area contributed by atoms with Gasteiger partial charge in [-0.25, -0.2) is 0 Å². The average molecular weight is 311 g/mol. The highest BCUT2D eigenvalue weighted by Crippen LogP contribution is 2.32. The van der Waals surface area contributed by atoms with Gasteiger partial charge in [0, 0.05) is 29.4 Å². The zero-order chi connectivity index (χ0) is 17.3. The van der Waals surface area contributed by atoms with Crippen molar-refractivity contribution in [3.8, 4) is 5.75 Å². The molecule has 0 spiro atoms. The van der Waals surface area contributed by atoms with Crippen LogP contribution in [0.4, 0.5) is 0 Å². The molecule has 0 atom stereocenters. The summed E-state index contributed by atoms with van der Waals surface area (Å²) >= 11 is 0. The Kier molecular flexibility index (Phi) is 4.65. The van der Waals surface area contributed by atoms with Gasteiger partial charge in [-0.3, -0.25) is 4.79 Å². The van der Waals surface area contributed by atoms with E-state index in [9.17, 15) is 4.79 Å². The molecule has 0 aromatic heterocycles. The van der Waals surface area contributed by atoms with Crippen molar-refractivity contribution in [2.75, 3.05) is 0 Å². The van der Waals surface area contributed by atoms with Crippen molar-refractivity contribution < 1.29 is 9.90 Å². The molecule has 0 fully saturated rings. The topological polar surface area (TPSA) is 40.0 Å². The maximum atomic E-state index is 12.2. The third-order valence-corrected chi connectivity index (χ3v) is 4.48. The lowest BCUT2D eigenvalue weighted by Crippen LogP contribution is -2.22. The molecule has 0 aliphatic carbocycles. The van der Waals surface area contributed by atoms with E-state index < -0.39 is 0 Å². The molecule has 2 rings (SSSR count). The van der Waals surface area contributed by atoms with Gasteiger partial charge >= 0.3 is 0 Å². The van der Waals surface area contributed by atoms with Crippen molar-refractivity contribution in [3.05, 3.63) is 65.2 Å². The molecule has 2 nitrogen and oxygen atoms in total.